The zero-order valence-corrected chi connectivity index (χ0v) is 25.4. The molecule has 0 radical (unpaired) electrons. The van der Waals surface area contributed by atoms with Gasteiger partial charge in [0, 0.05) is 12.6 Å². The average molecular weight is 564 g/mol. The summed E-state index contributed by atoms with van der Waals surface area (Å²) >= 11 is 0. The Morgan fingerprint density at radius 1 is 0.825 bits per heavy atom. The van der Waals surface area contributed by atoms with E-state index >= 15 is 0 Å². The molecule has 0 aliphatic carbocycles. The van der Waals surface area contributed by atoms with Crippen molar-refractivity contribution < 1.29 is 18.0 Å². The van der Waals surface area contributed by atoms with Crippen LogP contribution < -0.4 is 9.62 Å². The highest BCUT2D eigenvalue weighted by atomic mass is 32.2. The molecule has 0 saturated heterocycles. The summed E-state index contributed by atoms with van der Waals surface area (Å²) in [5.41, 5.74) is 4.90. The minimum absolute atomic E-state index is 0.0986. The third-order valence-corrected chi connectivity index (χ3v) is 8.59. The summed E-state index contributed by atoms with van der Waals surface area (Å²) in [4.78, 5) is 29.0. The highest BCUT2D eigenvalue weighted by molar-refractivity contribution is 7.92. The summed E-state index contributed by atoms with van der Waals surface area (Å²) in [7, 11) is -4.10. The average Bonchev–Trinajstić information content (AvgIpc) is 2.89. The molecule has 1 N–H and O–H groups in total. The van der Waals surface area contributed by atoms with Crippen LogP contribution in [0, 0.1) is 27.7 Å². The molecule has 0 spiro atoms. The summed E-state index contributed by atoms with van der Waals surface area (Å²) in [5.74, 6) is -0.722. The van der Waals surface area contributed by atoms with Crippen LogP contribution >= 0.6 is 0 Å². The highest BCUT2D eigenvalue weighted by Gasteiger charge is 2.34. The van der Waals surface area contributed by atoms with Crippen LogP contribution in [0.5, 0.6) is 0 Å². The van der Waals surface area contributed by atoms with Gasteiger partial charge in [0.05, 0.1) is 10.6 Å². The van der Waals surface area contributed by atoms with Gasteiger partial charge in [-0.25, -0.2) is 8.42 Å². The fraction of sp³-hybridized carbons (Fsp3) is 0.375. The van der Waals surface area contributed by atoms with Crippen molar-refractivity contribution in [1.82, 2.24) is 10.2 Å². The fourth-order valence-corrected chi connectivity index (χ4v) is 6.00. The topological polar surface area (TPSA) is 86.8 Å². The molecule has 7 nitrogen and oxygen atoms in total. The molecule has 0 fully saturated rings. The number of hydrogen-bond acceptors (Lipinski definition) is 4. The first-order chi connectivity index (χ1) is 18.8. The molecular weight excluding hydrogens is 522 g/mol. The number of hydrogen-bond donors (Lipinski definition) is 1. The standard InChI is InChI=1S/C32H41N3O4S/c1-8-29(32(37)33-22(2)3)34(20-27-15-10-23(4)11-16-27)31(36)21-35(30-19-25(6)9-14-26(30)7)40(38,39)28-17-12-24(5)13-18-28/h9-19,22,29H,8,20-21H2,1-7H3,(H,33,37)/t29-/m1/s1. The molecular formula is C32H41N3O4S. The van der Waals surface area contributed by atoms with Gasteiger partial charge in [-0.15, -0.1) is 0 Å². The summed E-state index contributed by atoms with van der Waals surface area (Å²) in [6.45, 7) is 12.9. The van der Waals surface area contributed by atoms with Gasteiger partial charge in [0.15, 0.2) is 0 Å². The van der Waals surface area contributed by atoms with Crippen molar-refractivity contribution in [2.24, 2.45) is 0 Å². The number of anilines is 1. The molecule has 214 valence electrons. The summed E-state index contributed by atoms with van der Waals surface area (Å²) in [6.07, 6.45) is 0.379. The first kappa shape index (κ1) is 30.9. The van der Waals surface area contributed by atoms with Crippen LogP contribution in [0.2, 0.25) is 0 Å². The monoisotopic (exact) mass is 563 g/mol. The molecule has 0 aliphatic heterocycles. The van der Waals surface area contributed by atoms with E-state index in [9.17, 15) is 18.0 Å². The lowest BCUT2D eigenvalue weighted by atomic mass is 10.1. The lowest BCUT2D eigenvalue weighted by Crippen LogP contribution is -2.53. The Labute approximate surface area is 239 Å². The normalized spacial score (nSPS) is 12.2. The number of aryl methyl sites for hydroxylation is 4. The molecule has 0 heterocycles. The Kier molecular flexibility index (Phi) is 10.1. The maximum absolute atomic E-state index is 14.2. The molecule has 3 aromatic rings. The molecule has 1 atom stereocenters. The molecule has 40 heavy (non-hydrogen) atoms. The predicted octanol–water partition coefficient (Wildman–Crippen LogP) is 5.45. The molecule has 2 amide bonds. The van der Waals surface area contributed by atoms with Gasteiger partial charge in [-0.1, -0.05) is 66.6 Å². The van der Waals surface area contributed by atoms with Crippen molar-refractivity contribution in [3.63, 3.8) is 0 Å². The third kappa shape index (κ3) is 7.50. The van der Waals surface area contributed by atoms with Crippen molar-refractivity contribution in [2.45, 2.75) is 78.4 Å². The second kappa shape index (κ2) is 13.1. The zero-order valence-electron chi connectivity index (χ0n) is 24.6. The van der Waals surface area contributed by atoms with E-state index in [1.54, 1.807) is 30.3 Å². The van der Waals surface area contributed by atoms with Crippen LogP contribution in [0.25, 0.3) is 0 Å². The Morgan fingerprint density at radius 3 is 1.93 bits per heavy atom. The fourth-order valence-electron chi connectivity index (χ4n) is 4.53. The lowest BCUT2D eigenvalue weighted by molar-refractivity contribution is -0.140. The van der Waals surface area contributed by atoms with Crippen LogP contribution in [0.4, 0.5) is 5.69 Å². The van der Waals surface area contributed by atoms with Gasteiger partial charge in [0.2, 0.25) is 11.8 Å². The number of carbonyl (C=O) groups is 2. The number of nitrogens with zero attached hydrogens (tertiary/aromatic N) is 2. The molecule has 3 aromatic carbocycles. The van der Waals surface area contributed by atoms with Crippen molar-refractivity contribution >= 4 is 27.5 Å². The van der Waals surface area contributed by atoms with Crippen molar-refractivity contribution in [1.29, 1.82) is 0 Å². The number of carbonyl (C=O) groups excluding carboxylic acids is 2. The molecule has 3 rings (SSSR count). The van der Waals surface area contributed by atoms with E-state index in [0.717, 1.165) is 27.8 Å². The predicted molar refractivity (Wildman–Crippen MR) is 161 cm³/mol. The first-order valence-electron chi connectivity index (χ1n) is 13.7. The van der Waals surface area contributed by atoms with Crippen LogP contribution in [-0.4, -0.2) is 43.8 Å². The number of rotatable bonds is 11. The molecule has 8 heteroatoms. The Bertz CT molecular complexity index is 1430. The van der Waals surface area contributed by atoms with Crippen molar-refractivity contribution in [3.8, 4) is 0 Å². The maximum Gasteiger partial charge on any atom is 0.264 e. The van der Waals surface area contributed by atoms with E-state index in [1.807, 2.05) is 84.9 Å². The highest BCUT2D eigenvalue weighted by Crippen LogP contribution is 2.29. The van der Waals surface area contributed by atoms with Gasteiger partial charge < -0.3 is 10.2 Å². The number of amides is 2. The molecule has 0 bridgehead atoms. The van der Waals surface area contributed by atoms with Crippen LogP contribution in [0.1, 0.15) is 55.0 Å². The van der Waals surface area contributed by atoms with Gasteiger partial charge in [-0.3, -0.25) is 13.9 Å². The van der Waals surface area contributed by atoms with E-state index in [4.69, 9.17) is 0 Å². The summed E-state index contributed by atoms with van der Waals surface area (Å²) in [6, 6.07) is 19.0. The number of nitrogens with one attached hydrogen (secondary N) is 1. The van der Waals surface area contributed by atoms with Crippen LogP contribution in [0.15, 0.2) is 71.6 Å². The van der Waals surface area contributed by atoms with Gasteiger partial charge in [-0.05, 0) is 82.9 Å². The van der Waals surface area contributed by atoms with Crippen LogP contribution in [0.3, 0.4) is 0 Å². The maximum atomic E-state index is 14.2. The van der Waals surface area contributed by atoms with E-state index in [0.29, 0.717) is 12.1 Å². The van der Waals surface area contributed by atoms with Gasteiger partial charge >= 0.3 is 0 Å². The lowest BCUT2D eigenvalue weighted by Gasteiger charge is -2.34. The summed E-state index contributed by atoms with van der Waals surface area (Å²) < 4.78 is 29.3. The third-order valence-electron chi connectivity index (χ3n) is 6.81. The van der Waals surface area contributed by atoms with Crippen molar-refractivity contribution in [2.75, 3.05) is 10.8 Å². The molecule has 0 aliphatic rings. The molecule has 0 aromatic heterocycles. The Balaban J connectivity index is 2.10. The van der Waals surface area contributed by atoms with Crippen LogP contribution in [-0.2, 0) is 26.2 Å². The zero-order chi connectivity index (χ0) is 29.6. The molecule has 0 saturated carbocycles. The van der Waals surface area contributed by atoms with Crippen molar-refractivity contribution in [3.05, 3.63) is 94.5 Å². The largest absolute Gasteiger partial charge is 0.352 e. The SMILES string of the molecule is CC[C@H](C(=O)NC(C)C)N(Cc1ccc(C)cc1)C(=O)CN(c1cc(C)ccc1C)S(=O)(=O)c1ccc(C)cc1. The molecule has 0 unspecified atom stereocenters. The first-order valence-corrected chi connectivity index (χ1v) is 15.1. The van der Waals surface area contributed by atoms with E-state index in [-0.39, 0.29) is 23.4 Å². The second-order valence-electron chi connectivity index (χ2n) is 10.7. The Morgan fingerprint density at radius 2 is 1.38 bits per heavy atom. The Hall–Kier alpha value is -3.65. The quantitative estimate of drug-likeness (QED) is 0.336. The number of benzene rings is 3. The van der Waals surface area contributed by atoms with Gasteiger partial charge in [0.25, 0.3) is 10.0 Å². The second-order valence-corrected chi connectivity index (χ2v) is 12.6. The minimum Gasteiger partial charge on any atom is -0.352 e. The minimum atomic E-state index is -4.10. The number of sulfonamides is 1. The van der Waals surface area contributed by atoms with Gasteiger partial charge in [0.1, 0.15) is 12.6 Å². The van der Waals surface area contributed by atoms with Gasteiger partial charge in [-0.2, -0.15) is 0 Å². The smallest absolute Gasteiger partial charge is 0.264 e. The van der Waals surface area contributed by atoms with E-state index < -0.39 is 28.5 Å². The summed E-state index contributed by atoms with van der Waals surface area (Å²) in [5, 5.41) is 2.92. The van der Waals surface area contributed by atoms with E-state index in [1.165, 1.54) is 9.21 Å². The van der Waals surface area contributed by atoms with E-state index in [2.05, 4.69) is 5.32 Å².